The van der Waals surface area contributed by atoms with Crippen molar-refractivity contribution < 1.29 is 14.3 Å². The normalized spacial score (nSPS) is 17.3. The van der Waals surface area contributed by atoms with E-state index in [1.54, 1.807) is 31.3 Å². The van der Waals surface area contributed by atoms with E-state index in [0.29, 0.717) is 23.7 Å². The summed E-state index contributed by atoms with van der Waals surface area (Å²) in [5.74, 6) is 1.65. The van der Waals surface area contributed by atoms with E-state index in [4.69, 9.17) is 9.47 Å². The maximum Gasteiger partial charge on any atom is 0.264 e. The second kappa shape index (κ2) is 8.78. The molecule has 0 saturated heterocycles. The average Bonchev–Trinajstić information content (AvgIpc) is 3.38. The van der Waals surface area contributed by atoms with Crippen LogP contribution >= 0.6 is 0 Å². The quantitative estimate of drug-likeness (QED) is 0.451. The van der Waals surface area contributed by atoms with Crippen LogP contribution in [0.5, 0.6) is 11.5 Å². The minimum absolute atomic E-state index is 0.0830. The van der Waals surface area contributed by atoms with Gasteiger partial charge in [-0.15, -0.1) is 0 Å². The highest BCUT2D eigenvalue weighted by molar-refractivity contribution is 6.07. The fourth-order valence-electron chi connectivity index (χ4n) is 4.44. The van der Waals surface area contributed by atoms with Gasteiger partial charge in [0, 0.05) is 0 Å². The molecular formula is C26H24N4O3. The number of methoxy groups -OCH3 is 2. The first-order valence-corrected chi connectivity index (χ1v) is 10.8. The zero-order valence-corrected chi connectivity index (χ0v) is 18.5. The molecule has 7 heteroatoms. The first kappa shape index (κ1) is 20.8. The molecule has 1 aliphatic heterocycles. The highest BCUT2D eigenvalue weighted by Gasteiger charge is 2.40. The molecule has 0 saturated carbocycles. The molecule has 0 N–H and O–H groups in total. The minimum Gasteiger partial charge on any atom is -0.497 e. The van der Waals surface area contributed by atoms with Crippen molar-refractivity contribution >= 4 is 11.9 Å². The molecule has 2 unspecified atom stereocenters. The van der Waals surface area contributed by atoms with Gasteiger partial charge in [0.1, 0.15) is 17.8 Å². The zero-order chi connectivity index (χ0) is 22.8. The molecule has 5 rings (SSSR count). The molecule has 4 aromatic rings. The molecule has 3 aromatic carbocycles. The van der Waals surface area contributed by atoms with Gasteiger partial charge in [-0.2, -0.15) is 10.1 Å². The average molecular weight is 441 g/mol. The van der Waals surface area contributed by atoms with Gasteiger partial charge < -0.3 is 9.47 Å². The Hall–Kier alpha value is -4.13. The fraction of sp³-hybridized carbons (Fsp3) is 0.192. The van der Waals surface area contributed by atoms with Crippen LogP contribution in [0.25, 0.3) is 0 Å². The summed E-state index contributed by atoms with van der Waals surface area (Å²) in [6, 6.07) is 24.9. The van der Waals surface area contributed by atoms with Crippen LogP contribution in [-0.2, 0) is 0 Å². The van der Waals surface area contributed by atoms with E-state index in [1.165, 1.54) is 6.33 Å². The molecule has 1 aliphatic rings. The van der Waals surface area contributed by atoms with Gasteiger partial charge in [0.05, 0.1) is 31.9 Å². The van der Waals surface area contributed by atoms with Crippen LogP contribution in [0.15, 0.2) is 85.2 Å². The highest BCUT2D eigenvalue weighted by Crippen LogP contribution is 2.43. The first-order valence-electron chi connectivity index (χ1n) is 10.8. The third kappa shape index (κ3) is 3.71. The molecule has 166 valence electrons. The Balaban J connectivity index is 1.64. The number of hydrogen-bond donors (Lipinski definition) is 0. The molecule has 1 aromatic heterocycles. The predicted molar refractivity (Wildman–Crippen MR) is 125 cm³/mol. The van der Waals surface area contributed by atoms with E-state index in [9.17, 15) is 4.79 Å². The Morgan fingerprint density at radius 3 is 2.27 bits per heavy atom. The van der Waals surface area contributed by atoms with Crippen molar-refractivity contribution in [3.63, 3.8) is 0 Å². The van der Waals surface area contributed by atoms with Crippen LogP contribution in [-0.4, -0.2) is 34.9 Å². The lowest BCUT2D eigenvalue weighted by Crippen LogP contribution is -2.42. The number of nitrogens with zero attached hydrogens (tertiary/aromatic N) is 4. The number of benzene rings is 3. The van der Waals surface area contributed by atoms with Crippen LogP contribution in [0.3, 0.4) is 0 Å². The van der Waals surface area contributed by atoms with Crippen molar-refractivity contribution in [2.75, 3.05) is 19.1 Å². The molecule has 33 heavy (non-hydrogen) atoms. The molecule has 0 aliphatic carbocycles. The number of carbonyl (C=O) groups excluding carboxylic acids is 1. The molecule has 2 heterocycles. The van der Waals surface area contributed by atoms with Gasteiger partial charge in [0.25, 0.3) is 5.91 Å². The standard InChI is InChI=1S/C26H24N4O3/c1-32-20-14-12-19(13-15-20)23-16-22(18-8-4-3-5-9-18)29(26-27-17-28-30(23)26)25(31)21-10-6-7-11-24(21)33-2/h3-15,17,22-23H,16H2,1-2H3. The Morgan fingerprint density at radius 2 is 1.55 bits per heavy atom. The van der Waals surface area contributed by atoms with Gasteiger partial charge >= 0.3 is 0 Å². The van der Waals surface area contributed by atoms with E-state index in [1.807, 2.05) is 71.4 Å². The topological polar surface area (TPSA) is 69.5 Å². The van der Waals surface area contributed by atoms with Gasteiger partial charge in [-0.3, -0.25) is 9.69 Å². The van der Waals surface area contributed by atoms with E-state index < -0.39 is 0 Å². The first-order chi connectivity index (χ1) is 16.2. The van der Waals surface area contributed by atoms with Gasteiger partial charge in [-0.1, -0.05) is 54.6 Å². The summed E-state index contributed by atoms with van der Waals surface area (Å²) >= 11 is 0. The minimum atomic E-state index is -0.229. The molecule has 0 bridgehead atoms. The summed E-state index contributed by atoms with van der Waals surface area (Å²) < 4.78 is 12.6. The summed E-state index contributed by atoms with van der Waals surface area (Å²) in [4.78, 5) is 20.2. The largest absolute Gasteiger partial charge is 0.497 e. The molecule has 0 fully saturated rings. The second-order valence-corrected chi connectivity index (χ2v) is 7.83. The number of fused-ring (bicyclic) bond motifs is 1. The number of amides is 1. The van der Waals surface area contributed by atoms with Crippen molar-refractivity contribution in [2.45, 2.75) is 18.5 Å². The summed E-state index contributed by atoms with van der Waals surface area (Å²) in [6.45, 7) is 0. The van der Waals surface area contributed by atoms with Crippen molar-refractivity contribution in [1.82, 2.24) is 14.8 Å². The number of carbonyl (C=O) groups is 1. The SMILES string of the molecule is COc1ccc(C2CC(c3ccccc3)N(C(=O)c3ccccc3OC)c3ncnn32)cc1. The van der Waals surface area contributed by atoms with Crippen LogP contribution in [0.2, 0.25) is 0 Å². The van der Waals surface area contributed by atoms with Crippen molar-refractivity contribution in [3.8, 4) is 11.5 Å². The number of hydrogen-bond acceptors (Lipinski definition) is 5. The third-order valence-electron chi connectivity index (χ3n) is 6.06. The number of rotatable bonds is 5. The third-order valence-corrected chi connectivity index (χ3v) is 6.06. The molecule has 0 spiro atoms. The van der Waals surface area contributed by atoms with Crippen LogP contribution in [0, 0.1) is 0 Å². The van der Waals surface area contributed by atoms with Gasteiger partial charge in [-0.05, 0) is 41.8 Å². The van der Waals surface area contributed by atoms with Crippen LogP contribution in [0.1, 0.15) is 40.0 Å². The predicted octanol–water partition coefficient (Wildman–Crippen LogP) is 4.68. The monoisotopic (exact) mass is 440 g/mol. The van der Waals surface area contributed by atoms with Crippen LogP contribution in [0.4, 0.5) is 5.95 Å². The smallest absolute Gasteiger partial charge is 0.264 e. The summed E-state index contributed by atoms with van der Waals surface area (Å²) in [5.41, 5.74) is 2.60. The summed E-state index contributed by atoms with van der Waals surface area (Å²) in [7, 11) is 3.22. The van der Waals surface area contributed by atoms with E-state index >= 15 is 0 Å². The van der Waals surface area contributed by atoms with Gasteiger partial charge in [-0.25, -0.2) is 4.68 Å². The lowest BCUT2D eigenvalue weighted by Gasteiger charge is -2.39. The Labute approximate surface area is 192 Å². The maximum atomic E-state index is 13.9. The number of anilines is 1. The lowest BCUT2D eigenvalue weighted by molar-refractivity contribution is 0.0960. The van der Waals surface area contributed by atoms with Gasteiger partial charge in [0.15, 0.2) is 0 Å². The Bertz CT molecular complexity index is 1250. The van der Waals surface area contributed by atoms with Crippen LogP contribution < -0.4 is 14.4 Å². The second-order valence-electron chi connectivity index (χ2n) is 7.83. The number of aromatic nitrogens is 3. The molecule has 2 atom stereocenters. The van der Waals surface area contributed by atoms with Crippen molar-refractivity contribution in [2.24, 2.45) is 0 Å². The molecular weight excluding hydrogens is 416 g/mol. The number of para-hydroxylation sites is 1. The fourth-order valence-corrected chi connectivity index (χ4v) is 4.44. The molecule has 0 radical (unpaired) electrons. The maximum absolute atomic E-state index is 13.9. The highest BCUT2D eigenvalue weighted by atomic mass is 16.5. The summed E-state index contributed by atoms with van der Waals surface area (Å²) in [5, 5.41) is 4.50. The molecule has 1 amide bonds. The lowest BCUT2D eigenvalue weighted by atomic mass is 9.91. The molecule has 7 nitrogen and oxygen atoms in total. The van der Waals surface area contributed by atoms with E-state index in [-0.39, 0.29) is 18.0 Å². The van der Waals surface area contributed by atoms with E-state index in [0.717, 1.165) is 16.9 Å². The van der Waals surface area contributed by atoms with Crippen molar-refractivity contribution in [3.05, 3.63) is 102 Å². The Kier molecular flexibility index (Phi) is 5.52. The van der Waals surface area contributed by atoms with Gasteiger partial charge in [0.2, 0.25) is 5.95 Å². The number of ether oxygens (including phenoxy) is 2. The summed E-state index contributed by atoms with van der Waals surface area (Å²) in [6.07, 6.45) is 2.15. The zero-order valence-electron chi connectivity index (χ0n) is 18.5. The van der Waals surface area contributed by atoms with E-state index in [2.05, 4.69) is 10.1 Å². The Morgan fingerprint density at radius 1 is 0.848 bits per heavy atom. The van der Waals surface area contributed by atoms with Crippen molar-refractivity contribution in [1.29, 1.82) is 0 Å².